The third kappa shape index (κ3) is 3.48. The smallest absolute Gasteiger partial charge is 0.193 e. The lowest BCUT2D eigenvalue weighted by Gasteiger charge is -2.05. The number of hydrogen-bond acceptors (Lipinski definition) is 1. The van der Waals surface area contributed by atoms with Crippen LogP contribution in [-0.4, -0.2) is 12.0 Å². The number of hydrogen-bond donors (Lipinski definition) is 2. The normalized spacial score (nSPS) is 23.5. The highest BCUT2D eigenvalue weighted by atomic mass is 15.1. The standard InChI is InChI=1S/C14H21N3/c1-3-4-11-9-13(11)17-14(15)16-12-7-5-10(2)6-8-12/h5-8,11,13H,3-4,9H2,1-2H3,(H3,15,16,17). The predicted octanol–water partition coefficient (Wildman–Crippen LogP) is 2.91. The molecule has 0 aromatic heterocycles. The van der Waals surface area contributed by atoms with Gasteiger partial charge in [0.15, 0.2) is 5.96 Å². The Morgan fingerprint density at radius 3 is 2.76 bits per heavy atom. The van der Waals surface area contributed by atoms with Crippen molar-refractivity contribution < 1.29 is 0 Å². The molecule has 1 fully saturated rings. The number of aliphatic imine (C=N–C) groups is 1. The summed E-state index contributed by atoms with van der Waals surface area (Å²) in [6, 6.07) is 8.62. The molecule has 3 heteroatoms. The first-order chi connectivity index (χ1) is 8.19. The van der Waals surface area contributed by atoms with E-state index in [0.29, 0.717) is 12.0 Å². The number of nitrogens with one attached hydrogen (secondary N) is 1. The highest BCUT2D eigenvalue weighted by Crippen LogP contribution is 2.37. The Balaban J connectivity index is 1.87. The highest BCUT2D eigenvalue weighted by Gasteiger charge is 2.35. The molecule has 1 aliphatic carbocycles. The van der Waals surface area contributed by atoms with Crippen LogP contribution in [0, 0.1) is 12.8 Å². The molecule has 0 bridgehead atoms. The first-order valence-electron chi connectivity index (χ1n) is 6.36. The monoisotopic (exact) mass is 231 g/mol. The Hall–Kier alpha value is -1.51. The van der Waals surface area contributed by atoms with Crippen LogP contribution in [0.1, 0.15) is 31.7 Å². The SMILES string of the molecule is CCCC1CC1N=C(N)Nc1ccc(C)cc1. The van der Waals surface area contributed by atoms with E-state index in [9.17, 15) is 0 Å². The van der Waals surface area contributed by atoms with Gasteiger partial charge in [0.1, 0.15) is 0 Å². The van der Waals surface area contributed by atoms with Crippen LogP contribution in [0.25, 0.3) is 0 Å². The lowest BCUT2D eigenvalue weighted by molar-refractivity contribution is 0.683. The molecular weight excluding hydrogens is 210 g/mol. The van der Waals surface area contributed by atoms with Crippen LogP contribution in [0.4, 0.5) is 5.69 Å². The van der Waals surface area contributed by atoms with Crippen LogP contribution < -0.4 is 11.1 Å². The molecule has 0 amide bonds. The molecule has 0 spiro atoms. The first kappa shape index (κ1) is 12.0. The minimum Gasteiger partial charge on any atom is -0.370 e. The molecular formula is C14H21N3. The molecule has 17 heavy (non-hydrogen) atoms. The maximum atomic E-state index is 5.88. The largest absolute Gasteiger partial charge is 0.370 e. The Morgan fingerprint density at radius 2 is 2.12 bits per heavy atom. The van der Waals surface area contributed by atoms with Crippen molar-refractivity contribution in [1.82, 2.24) is 0 Å². The molecule has 2 rings (SSSR count). The summed E-state index contributed by atoms with van der Waals surface area (Å²) < 4.78 is 0. The van der Waals surface area contributed by atoms with E-state index in [-0.39, 0.29) is 0 Å². The number of guanidine groups is 1. The Morgan fingerprint density at radius 1 is 1.41 bits per heavy atom. The zero-order valence-corrected chi connectivity index (χ0v) is 10.6. The van der Waals surface area contributed by atoms with Crippen LogP contribution in [0.5, 0.6) is 0 Å². The summed E-state index contributed by atoms with van der Waals surface area (Å²) in [5, 5.41) is 3.13. The van der Waals surface area contributed by atoms with Gasteiger partial charge in [-0.25, -0.2) is 4.99 Å². The van der Waals surface area contributed by atoms with Gasteiger partial charge in [0.2, 0.25) is 0 Å². The van der Waals surface area contributed by atoms with Crippen molar-refractivity contribution in [2.45, 2.75) is 39.2 Å². The molecule has 3 N–H and O–H groups in total. The molecule has 3 nitrogen and oxygen atoms in total. The van der Waals surface area contributed by atoms with Crippen LogP contribution >= 0.6 is 0 Å². The van der Waals surface area contributed by atoms with Gasteiger partial charge in [0.05, 0.1) is 6.04 Å². The molecule has 0 aliphatic heterocycles. The molecule has 0 radical (unpaired) electrons. The summed E-state index contributed by atoms with van der Waals surface area (Å²) in [6.07, 6.45) is 3.71. The average molecular weight is 231 g/mol. The summed E-state index contributed by atoms with van der Waals surface area (Å²) in [5.41, 5.74) is 8.13. The van der Waals surface area contributed by atoms with E-state index in [1.54, 1.807) is 0 Å². The molecule has 1 aromatic rings. The van der Waals surface area contributed by atoms with Crippen LogP contribution in [0.2, 0.25) is 0 Å². The van der Waals surface area contributed by atoms with E-state index in [2.05, 4.69) is 36.3 Å². The second-order valence-electron chi connectivity index (χ2n) is 4.86. The number of nitrogens with zero attached hydrogens (tertiary/aromatic N) is 1. The second-order valence-corrected chi connectivity index (χ2v) is 4.86. The Labute approximate surface area is 103 Å². The molecule has 2 atom stereocenters. The Kier molecular flexibility index (Phi) is 3.67. The topological polar surface area (TPSA) is 50.4 Å². The predicted molar refractivity (Wildman–Crippen MR) is 73.2 cm³/mol. The minimum absolute atomic E-state index is 0.452. The molecule has 2 unspecified atom stereocenters. The van der Waals surface area contributed by atoms with E-state index in [1.807, 2.05) is 12.1 Å². The first-order valence-corrected chi connectivity index (χ1v) is 6.36. The number of anilines is 1. The zero-order valence-electron chi connectivity index (χ0n) is 10.6. The lowest BCUT2D eigenvalue weighted by atomic mass is 10.2. The van der Waals surface area contributed by atoms with Gasteiger partial charge in [-0.05, 0) is 37.8 Å². The van der Waals surface area contributed by atoms with Gasteiger partial charge in [-0.15, -0.1) is 0 Å². The zero-order chi connectivity index (χ0) is 12.3. The third-order valence-corrected chi connectivity index (χ3v) is 3.17. The maximum absolute atomic E-state index is 5.88. The fourth-order valence-corrected chi connectivity index (χ4v) is 2.07. The molecule has 0 heterocycles. The van der Waals surface area contributed by atoms with E-state index in [0.717, 1.165) is 11.6 Å². The van der Waals surface area contributed by atoms with Crippen molar-refractivity contribution in [3.05, 3.63) is 29.8 Å². The van der Waals surface area contributed by atoms with Crippen molar-refractivity contribution in [3.8, 4) is 0 Å². The van der Waals surface area contributed by atoms with Gasteiger partial charge in [0.25, 0.3) is 0 Å². The maximum Gasteiger partial charge on any atom is 0.193 e. The van der Waals surface area contributed by atoms with Gasteiger partial charge in [-0.1, -0.05) is 31.0 Å². The van der Waals surface area contributed by atoms with E-state index >= 15 is 0 Å². The van der Waals surface area contributed by atoms with Crippen LogP contribution in [0.15, 0.2) is 29.3 Å². The molecule has 1 aliphatic rings. The summed E-state index contributed by atoms with van der Waals surface area (Å²) >= 11 is 0. The molecule has 0 saturated heterocycles. The van der Waals surface area contributed by atoms with E-state index < -0.39 is 0 Å². The van der Waals surface area contributed by atoms with Gasteiger partial charge in [0, 0.05) is 5.69 Å². The van der Waals surface area contributed by atoms with Crippen molar-refractivity contribution in [3.63, 3.8) is 0 Å². The van der Waals surface area contributed by atoms with Gasteiger partial charge >= 0.3 is 0 Å². The number of nitrogens with two attached hydrogens (primary N) is 1. The fraction of sp³-hybridized carbons (Fsp3) is 0.500. The molecule has 1 saturated carbocycles. The minimum atomic E-state index is 0.452. The van der Waals surface area contributed by atoms with Crippen molar-refractivity contribution in [1.29, 1.82) is 0 Å². The van der Waals surface area contributed by atoms with E-state index in [4.69, 9.17) is 5.73 Å². The number of benzene rings is 1. The van der Waals surface area contributed by atoms with Gasteiger partial charge in [-0.3, -0.25) is 0 Å². The Bertz CT molecular complexity index is 394. The quantitative estimate of drug-likeness (QED) is 0.618. The summed E-state index contributed by atoms with van der Waals surface area (Å²) in [5.74, 6) is 1.30. The fourth-order valence-electron chi connectivity index (χ4n) is 2.07. The van der Waals surface area contributed by atoms with Gasteiger partial charge in [-0.2, -0.15) is 0 Å². The summed E-state index contributed by atoms with van der Waals surface area (Å²) in [7, 11) is 0. The van der Waals surface area contributed by atoms with Crippen LogP contribution in [0.3, 0.4) is 0 Å². The number of aryl methyl sites for hydroxylation is 1. The average Bonchev–Trinajstić information content (AvgIpc) is 3.00. The van der Waals surface area contributed by atoms with Crippen molar-refractivity contribution in [2.75, 3.05) is 5.32 Å². The van der Waals surface area contributed by atoms with Crippen molar-refractivity contribution in [2.24, 2.45) is 16.6 Å². The van der Waals surface area contributed by atoms with Crippen LogP contribution in [-0.2, 0) is 0 Å². The lowest BCUT2D eigenvalue weighted by Crippen LogP contribution is -2.23. The molecule has 92 valence electrons. The third-order valence-electron chi connectivity index (χ3n) is 3.17. The summed E-state index contributed by atoms with van der Waals surface area (Å²) in [4.78, 5) is 4.49. The summed E-state index contributed by atoms with van der Waals surface area (Å²) in [6.45, 7) is 4.29. The van der Waals surface area contributed by atoms with E-state index in [1.165, 1.54) is 24.8 Å². The van der Waals surface area contributed by atoms with Crippen molar-refractivity contribution >= 4 is 11.6 Å². The highest BCUT2D eigenvalue weighted by molar-refractivity contribution is 5.92. The molecule has 1 aromatic carbocycles. The second kappa shape index (κ2) is 5.21. The number of rotatable bonds is 4. The van der Waals surface area contributed by atoms with Gasteiger partial charge < -0.3 is 11.1 Å².